The lowest BCUT2D eigenvalue weighted by Crippen LogP contribution is -2.48. The van der Waals surface area contributed by atoms with E-state index in [4.69, 9.17) is 4.42 Å². The van der Waals surface area contributed by atoms with Crippen molar-refractivity contribution >= 4 is 17.8 Å². The van der Waals surface area contributed by atoms with E-state index in [2.05, 4.69) is 10.9 Å². The van der Waals surface area contributed by atoms with Crippen molar-refractivity contribution < 1.29 is 23.9 Å². The van der Waals surface area contributed by atoms with E-state index in [1.165, 1.54) is 12.3 Å². The zero-order valence-electron chi connectivity index (χ0n) is 12.4. The third-order valence-corrected chi connectivity index (χ3v) is 3.96. The first kappa shape index (κ1) is 15.8. The standard InChI is InChI=1S/C15H18N2O5/c1-8-6-10(11(15(20)21)7-9(8)2)13(18)16-17-14(19)12-4-3-5-22-12/h3-5,10-11H,6-7H2,1-2H3,(H,16,18)(H,17,19)(H,20,21)/t10-,11+/m0/s1. The maximum atomic E-state index is 12.2. The Morgan fingerprint density at radius 2 is 1.77 bits per heavy atom. The molecule has 1 aromatic heterocycles. The van der Waals surface area contributed by atoms with Crippen molar-refractivity contribution in [1.82, 2.24) is 10.9 Å². The summed E-state index contributed by atoms with van der Waals surface area (Å²) in [6.45, 7) is 3.76. The second kappa shape index (κ2) is 6.46. The Hall–Kier alpha value is -2.57. The van der Waals surface area contributed by atoms with Gasteiger partial charge in [-0.25, -0.2) is 0 Å². The fraction of sp³-hybridized carbons (Fsp3) is 0.400. The van der Waals surface area contributed by atoms with Crippen molar-refractivity contribution in [1.29, 1.82) is 0 Å². The number of rotatable bonds is 3. The Balaban J connectivity index is 2.01. The molecule has 0 aliphatic heterocycles. The van der Waals surface area contributed by atoms with Crippen molar-refractivity contribution in [3.63, 3.8) is 0 Å². The fourth-order valence-corrected chi connectivity index (χ4v) is 2.51. The van der Waals surface area contributed by atoms with E-state index >= 15 is 0 Å². The van der Waals surface area contributed by atoms with Crippen LogP contribution in [0, 0.1) is 11.8 Å². The summed E-state index contributed by atoms with van der Waals surface area (Å²) in [5.74, 6) is -3.55. The Morgan fingerprint density at radius 3 is 2.32 bits per heavy atom. The van der Waals surface area contributed by atoms with Crippen molar-refractivity contribution in [2.24, 2.45) is 11.8 Å². The molecule has 2 atom stereocenters. The molecular weight excluding hydrogens is 288 g/mol. The number of furan rings is 1. The van der Waals surface area contributed by atoms with Crippen LogP contribution in [0.4, 0.5) is 0 Å². The van der Waals surface area contributed by atoms with Gasteiger partial charge in [0.1, 0.15) is 0 Å². The van der Waals surface area contributed by atoms with Gasteiger partial charge in [-0.3, -0.25) is 25.2 Å². The van der Waals surface area contributed by atoms with Crippen LogP contribution in [-0.2, 0) is 9.59 Å². The van der Waals surface area contributed by atoms with E-state index in [1.54, 1.807) is 6.07 Å². The summed E-state index contributed by atoms with van der Waals surface area (Å²) in [6, 6.07) is 3.01. The minimum atomic E-state index is -1.01. The molecule has 3 N–H and O–H groups in total. The van der Waals surface area contributed by atoms with E-state index in [0.29, 0.717) is 12.8 Å². The number of allylic oxidation sites excluding steroid dienone is 2. The highest BCUT2D eigenvalue weighted by Gasteiger charge is 2.37. The second-order valence-corrected chi connectivity index (χ2v) is 5.44. The quantitative estimate of drug-likeness (QED) is 0.579. The molecule has 22 heavy (non-hydrogen) atoms. The molecule has 2 rings (SSSR count). The molecule has 118 valence electrons. The molecule has 7 heteroatoms. The van der Waals surface area contributed by atoms with Crippen LogP contribution in [0.3, 0.4) is 0 Å². The first-order valence-corrected chi connectivity index (χ1v) is 6.92. The van der Waals surface area contributed by atoms with Crippen molar-refractivity contribution in [3.8, 4) is 0 Å². The highest BCUT2D eigenvalue weighted by Crippen LogP contribution is 2.34. The largest absolute Gasteiger partial charge is 0.481 e. The first-order chi connectivity index (χ1) is 10.4. The molecule has 0 saturated carbocycles. The number of hydrazine groups is 1. The van der Waals surface area contributed by atoms with Gasteiger partial charge in [0, 0.05) is 0 Å². The molecule has 0 aromatic carbocycles. The minimum Gasteiger partial charge on any atom is -0.481 e. The molecular formula is C15H18N2O5. The van der Waals surface area contributed by atoms with Gasteiger partial charge in [-0.1, -0.05) is 11.1 Å². The molecule has 0 fully saturated rings. The highest BCUT2D eigenvalue weighted by molar-refractivity contribution is 5.93. The maximum Gasteiger partial charge on any atom is 0.307 e. The zero-order chi connectivity index (χ0) is 16.3. The lowest BCUT2D eigenvalue weighted by atomic mass is 9.76. The summed E-state index contributed by atoms with van der Waals surface area (Å²) in [6.07, 6.45) is 2.05. The minimum absolute atomic E-state index is 0.0608. The molecule has 0 saturated heterocycles. The Kier molecular flexibility index (Phi) is 4.65. The normalized spacial score (nSPS) is 21.4. The van der Waals surface area contributed by atoms with Gasteiger partial charge < -0.3 is 9.52 Å². The second-order valence-electron chi connectivity index (χ2n) is 5.44. The van der Waals surface area contributed by atoms with Crippen molar-refractivity contribution in [2.45, 2.75) is 26.7 Å². The van der Waals surface area contributed by atoms with E-state index < -0.39 is 29.6 Å². The Bertz CT molecular complexity index is 618. The van der Waals surface area contributed by atoms with Crippen molar-refractivity contribution in [3.05, 3.63) is 35.3 Å². The molecule has 2 amide bonds. The van der Waals surface area contributed by atoms with Crippen LogP contribution in [-0.4, -0.2) is 22.9 Å². The van der Waals surface area contributed by atoms with Gasteiger partial charge in [0.2, 0.25) is 5.91 Å². The maximum absolute atomic E-state index is 12.2. The molecule has 0 radical (unpaired) electrons. The summed E-state index contributed by atoms with van der Waals surface area (Å²) in [4.78, 5) is 35.2. The molecule has 1 aliphatic rings. The first-order valence-electron chi connectivity index (χ1n) is 6.92. The summed E-state index contributed by atoms with van der Waals surface area (Å²) < 4.78 is 4.90. The zero-order valence-corrected chi connectivity index (χ0v) is 12.4. The van der Waals surface area contributed by atoms with Gasteiger partial charge in [0.15, 0.2) is 5.76 Å². The van der Waals surface area contributed by atoms with E-state index in [9.17, 15) is 19.5 Å². The van der Waals surface area contributed by atoms with Crippen LogP contribution in [0.25, 0.3) is 0 Å². The molecule has 7 nitrogen and oxygen atoms in total. The molecule has 1 aromatic rings. The van der Waals surface area contributed by atoms with Gasteiger partial charge in [-0.15, -0.1) is 0 Å². The third kappa shape index (κ3) is 3.36. The number of amides is 2. The summed E-state index contributed by atoms with van der Waals surface area (Å²) >= 11 is 0. The number of nitrogens with one attached hydrogen (secondary N) is 2. The lowest BCUT2D eigenvalue weighted by Gasteiger charge is -2.29. The molecule has 0 spiro atoms. The monoisotopic (exact) mass is 306 g/mol. The van der Waals surface area contributed by atoms with Gasteiger partial charge in [0.05, 0.1) is 18.1 Å². The SMILES string of the molecule is CC1=C(C)C[C@@H](C(=O)O)[C@@H](C(=O)NNC(=O)c2ccco2)C1. The number of hydrogen-bond donors (Lipinski definition) is 3. The van der Waals surface area contributed by atoms with Crippen LogP contribution in [0.1, 0.15) is 37.2 Å². The molecule has 0 unspecified atom stereocenters. The van der Waals surface area contributed by atoms with E-state index in [0.717, 1.165) is 11.1 Å². The predicted octanol–water partition coefficient (Wildman–Crippen LogP) is 1.49. The number of carbonyl (C=O) groups is 3. The third-order valence-electron chi connectivity index (χ3n) is 3.96. The number of carboxylic acids is 1. The van der Waals surface area contributed by atoms with Crippen LogP contribution in [0.5, 0.6) is 0 Å². The van der Waals surface area contributed by atoms with Gasteiger partial charge in [-0.2, -0.15) is 0 Å². The summed E-state index contributed by atoms with van der Waals surface area (Å²) in [5.41, 5.74) is 6.51. The Labute approximate surface area is 127 Å². The molecule has 1 heterocycles. The fourth-order valence-electron chi connectivity index (χ4n) is 2.51. The van der Waals surface area contributed by atoms with E-state index in [-0.39, 0.29) is 5.76 Å². The lowest BCUT2D eigenvalue weighted by molar-refractivity contribution is -0.147. The average molecular weight is 306 g/mol. The van der Waals surface area contributed by atoms with Crippen molar-refractivity contribution in [2.75, 3.05) is 0 Å². The number of carbonyl (C=O) groups excluding carboxylic acids is 2. The number of carboxylic acid groups (broad SMARTS) is 1. The molecule has 0 bridgehead atoms. The van der Waals surface area contributed by atoms with Crippen LogP contribution in [0.15, 0.2) is 34.0 Å². The average Bonchev–Trinajstić information content (AvgIpc) is 3.00. The highest BCUT2D eigenvalue weighted by atomic mass is 16.4. The number of aliphatic carboxylic acids is 1. The molecule has 1 aliphatic carbocycles. The van der Waals surface area contributed by atoms with Crippen LogP contribution < -0.4 is 10.9 Å². The van der Waals surface area contributed by atoms with Gasteiger partial charge >= 0.3 is 11.9 Å². The van der Waals surface area contributed by atoms with E-state index in [1.807, 2.05) is 13.8 Å². The Morgan fingerprint density at radius 1 is 1.14 bits per heavy atom. The summed E-state index contributed by atoms with van der Waals surface area (Å²) in [7, 11) is 0. The van der Waals surface area contributed by atoms with Gasteiger partial charge in [-0.05, 0) is 38.8 Å². The predicted molar refractivity (Wildman–Crippen MR) is 76.5 cm³/mol. The van der Waals surface area contributed by atoms with Crippen LogP contribution in [0.2, 0.25) is 0 Å². The van der Waals surface area contributed by atoms with Gasteiger partial charge in [0.25, 0.3) is 0 Å². The smallest absolute Gasteiger partial charge is 0.307 e. The van der Waals surface area contributed by atoms with Crippen LogP contribution >= 0.6 is 0 Å². The topological polar surface area (TPSA) is 109 Å². The summed E-state index contributed by atoms with van der Waals surface area (Å²) in [5, 5.41) is 9.28. The number of hydrogen-bond acceptors (Lipinski definition) is 4.